The first-order valence-electron chi connectivity index (χ1n) is 8.89. The van der Waals surface area contributed by atoms with Crippen molar-refractivity contribution in [2.24, 2.45) is 0 Å². The molecule has 0 saturated heterocycles. The van der Waals surface area contributed by atoms with Gasteiger partial charge in [0, 0.05) is 18.7 Å². The Morgan fingerprint density at radius 1 is 1.13 bits per heavy atom. The van der Waals surface area contributed by atoms with E-state index < -0.39 is 11.8 Å². The summed E-state index contributed by atoms with van der Waals surface area (Å²) >= 11 is 12.0. The molecule has 8 heteroatoms. The zero-order valence-electron chi connectivity index (χ0n) is 15.7. The molecule has 30 heavy (non-hydrogen) atoms. The van der Waals surface area contributed by atoms with Gasteiger partial charge < -0.3 is 9.84 Å². The van der Waals surface area contributed by atoms with Crippen LogP contribution in [0.5, 0.6) is 11.6 Å². The van der Waals surface area contributed by atoms with Gasteiger partial charge in [-0.15, -0.1) is 0 Å². The Kier molecular flexibility index (Phi) is 6.70. The first-order chi connectivity index (χ1) is 14.2. The molecule has 0 saturated carbocycles. The number of Topliss-reactive ketones (excluding diaryl/α,β-unsaturated/α-hetero) is 1. The highest BCUT2D eigenvalue weighted by molar-refractivity contribution is 6.32. The maximum atomic E-state index is 13.5. The fraction of sp³-hybridized carbons (Fsp3) is 0.136. The van der Waals surface area contributed by atoms with Crippen molar-refractivity contribution in [1.82, 2.24) is 4.98 Å². The van der Waals surface area contributed by atoms with Crippen LogP contribution in [-0.4, -0.2) is 21.8 Å². The van der Waals surface area contributed by atoms with Gasteiger partial charge in [-0.05, 0) is 41.8 Å². The van der Waals surface area contributed by atoms with E-state index in [1.165, 1.54) is 36.5 Å². The summed E-state index contributed by atoms with van der Waals surface area (Å²) in [5, 5.41) is 9.41. The molecule has 1 atom stereocenters. The minimum absolute atomic E-state index is 0.0258. The van der Waals surface area contributed by atoms with Crippen molar-refractivity contribution in [2.45, 2.75) is 19.3 Å². The third kappa shape index (κ3) is 5.14. The summed E-state index contributed by atoms with van der Waals surface area (Å²) in [6, 6.07) is 11.4. The molecule has 154 valence electrons. The molecule has 0 aliphatic rings. The van der Waals surface area contributed by atoms with E-state index in [0.717, 1.165) is 11.6 Å². The molecule has 1 N–H and O–H groups in total. The lowest BCUT2D eigenvalue weighted by molar-refractivity contribution is 0.0696. The Bertz CT molecular complexity index is 1100. The van der Waals surface area contributed by atoms with E-state index in [1.54, 1.807) is 12.1 Å². The average Bonchev–Trinajstić information content (AvgIpc) is 2.71. The van der Waals surface area contributed by atoms with Crippen molar-refractivity contribution in [1.29, 1.82) is 0 Å². The van der Waals surface area contributed by atoms with Crippen LogP contribution in [-0.2, 0) is 0 Å². The zero-order valence-corrected chi connectivity index (χ0v) is 17.2. The van der Waals surface area contributed by atoms with Gasteiger partial charge in [-0.1, -0.05) is 42.3 Å². The Balaban J connectivity index is 1.83. The molecule has 3 rings (SSSR count). The number of aromatic nitrogens is 1. The van der Waals surface area contributed by atoms with Crippen molar-refractivity contribution >= 4 is 35.0 Å². The van der Waals surface area contributed by atoms with Crippen molar-refractivity contribution in [3.63, 3.8) is 0 Å². The molecule has 0 radical (unpaired) electrons. The third-order valence-corrected chi connectivity index (χ3v) is 4.96. The summed E-state index contributed by atoms with van der Waals surface area (Å²) < 4.78 is 19.1. The van der Waals surface area contributed by atoms with Crippen LogP contribution in [0.3, 0.4) is 0 Å². The van der Waals surface area contributed by atoms with Crippen LogP contribution in [0.4, 0.5) is 4.39 Å². The SMILES string of the molecule is C[C@H](CC(=O)c1cc(Cl)cnc1Oc1cc(F)ccc1Cl)c1ccc(C(=O)O)cc1. The lowest BCUT2D eigenvalue weighted by atomic mass is 9.93. The van der Waals surface area contributed by atoms with E-state index in [2.05, 4.69) is 4.98 Å². The second-order valence-corrected chi connectivity index (χ2v) is 7.48. The molecule has 1 aromatic heterocycles. The van der Waals surface area contributed by atoms with E-state index >= 15 is 0 Å². The Morgan fingerprint density at radius 2 is 1.83 bits per heavy atom. The van der Waals surface area contributed by atoms with E-state index in [0.29, 0.717) is 0 Å². The second kappa shape index (κ2) is 9.24. The van der Waals surface area contributed by atoms with Gasteiger partial charge in [0.1, 0.15) is 5.82 Å². The molecule has 3 aromatic rings. The summed E-state index contributed by atoms with van der Waals surface area (Å²) in [4.78, 5) is 28.0. The topological polar surface area (TPSA) is 76.5 Å². The zero-order chi connectivity index (χ0) is 21.8. The van der Waals surface area contributed by atoms with Gasteiger partial charge in [0.25, 0.3) is 0 Å². The first-order valence-corrected chi connectivity index (χ1v) is 9.65. The predicted molar refractivity (Wildman–Crippen MR) is 111 cm³/mol. The number of aromatic carboxylic acids is 1. The number of carbonyl (C=O) groups is 2. The fourth-order valence-electron chi connectivity index (χ4n) is 2.83. The number of carboxylic acid groups (broad SMARTS) is 1. The molecule has 0 spiro atoms. The highest BCUT2D eigenvalue weighted by atomic mass is 35.5. The largest absolute Gasteiger partial charge is 0.478 e. The van der Waals surface area contributed by atoms with E-state index in [-0.39, 0.29) is 50.9 Å². The second-order valence-electron chi connectivity index (χ2n) is 6.64. The molecule has 0 unspecified atom stereocenters. The van der Waals surface area contributed by atoms with Crippen molar-refractivity contribution in [2.75, 3.05) is 0 Å². The number of pyridine rings is 1. The molecule has 5 nitrogen and oxygen atoms in total. The maximum absolute atomic E-state index is 13.5. The van der Waals surface area contributed by atoms with E-state index in [9.17, 15) is 14.0 Å². The number of halogens is 3. The molecule has 0 aliphatic carbocycles. The van der Waals surface area contributed by atoms with Crippen LogP contribution in [0.25, 0.3) is 0 Å². The first kappa shape index (κ1) is 21.7. The summed E-state index contributed by atoms with van der Waals surface area (Å²) in [6.45, 7) is 1.84. The molecular formula is C22H16Cl2FNO4. The molecule has 0 aliphatic heterocycles. The van der Waals surface area contributed by atoms with Gasteiger partial charge >= 0.3 is 5.97 Å². The summed E-state index contributed by atoms with van der Waals surface area (Å²) in [5.41, 5.74) is 1.11. The summed E-state index contributed by atoms with van der Waals surface area (Å²) in [7, 11) is 0. The standard InChI is InChI=1S/C22H16Cl2FNO4/c1-12(13-2-4-14(5-3-13)22(28)29)8-19(27)17-9-15(23)11-26-21(17)30-20-10-16(25)6-7-18(20)24/h2-7,9-12H,8H2,1H3,(H,28,29)/t12-/m1/s1. The molecule has 0 amide bonds. The summed E-state index contributed by atoms with van der Waals surface area (Å²) in [6.07, 6.45) is 1.41. The van der Waals surface area contributed by atoms with Gasteiger partial charge in [-0.3, -0.25) is 4.79 Å². The van der Waals surface area contributed by atoms with Crippen LogP contribution >= 0.6 is 23.2 Å². The number of hydrogen-bond donors (Lipinski definition) is 1. The lowest BCUT2D eigenvalue weighted by Crippen LogP contribution is -2.08. The van der Waals surface area contributed by atoms with Crippen LogP contribution in [0.15, 0.2) is 54.7 Å². The molecule has 0 bridgehead atoms. The average molecular weight is 448 g/mol. The van der Waals surface area contributed by atoms with E-state index in [1.807, 2.05) is 6.92 Å². The van der Waals surface area contributed by atoms with Crippen molar-refractivity contribution < 1.29 is 23.8 Å². The molecular weight excluding hydrogens is 432 g/mol. The van der Waals surface area contributed by atoms with Gasteiger partial charge in [0.2, 0.25) is 5.88 Å². The van der Waals surface area contributed by atoms with Crippen LogP contribution in [0.1, 0.15) is 45.5 Å². The van der Waals surface area contributed by atoms with Crippen molar-refractivity contribution in [3.05, 3.63) is 87.3 Å². The maximum Gasteiger partial charge on any atom is 0.335 e. The quantitative estimate of drug-likeness (QED) is 0.424. The number of ether oxygens (including phenoxy) is 1. The number of hydrogen-bond acceptors (Lipinski definition) is 4. The number of carbonyl (C=O) groups excluding carboxylic acids is 1. The fourth-order valence-corrected chi connectivity index (χ4v) is 3.14. The van der Waals surface area contributed by atoms with Crippen LogP contribution < -0.4 is 4.74 Å². The monoisotopic (exact) mass is 447 g/mol. The third-order valence-electron chi connectivity index (χ3n) is 4.44. The Hall–Kier alpha value is -2.96. The number of benzene rings is 2. The highest BCUT2D eigenvalue weighted by Crippen LogP contribution is 2.33. The van der Waals surface area contributed by atoms with Gasteiger partial charge in [-0.25, -0.2) is 14.2 Å². The number of nitrogens with zero attached hydrogens (tertiary/aromatic N) is 1. The number of carboxylic acids is 1. The van der Waals surface area contributed by atoms with Crippen LogP contribution in [0.2, 0.25) is 10.0 Å². The smallest absolute Gasteiger partial charge is 0.335 e. The van der Waals surface area contributed by atoms with Crippen molar-refractivity contribution in [3.8, 4) is 11.6 Å². The Morgan fingerprint density at radius 3 is 2.50 bits per heavy atom. The van der Waals surface area contributed by atoms with E-state index in [4.69, 9.17) is 33.0 Å². The molecule has 2 aromatic carbocycles. The highest BCUT2D eigenvalue weighted by Gasteiger charge is 2.20. The van der Waals surface area contributed by atoms with Crippen LogP contribution in [0, 0.1) is 5.82 Å². The van der Waals surface area contributed by atoms with Gasteiger partial charge in [-0.2, -0.15) is 0 Å². The molecule has 0 fully saturated rings. The normalized spacial score (nSPS) is 11.7. The number of rotatable bonds is 7. The predicted octanol–water partition coefficient (Wildman–Crippen LogP) is 6.39. The summed E-state index contributed by atoms with van der Waals surface area (Å²) in [5.74, 6) is -2.07. The van der Waals surface area contributed by atoms with Gasteiger partial charge in [0.05, 0.1) is 21.2 Å². The molecule has 1 heterocycles. The minimum atomic E-state index is -1.02. The minimum Gasteiger partial charge on any atom is -0.478 e. The number of ketones is 1. The van der Waals surface area contributed by atoms with Gasteiger partial charge in [0.15, 0.2) is 11.5 Å². The lowest BCUT2D eigenvalue weighted by Gasteiger charge is -2.14. The Labute approximate surface area is 182 Å².